The first kappa shape index (κ1) is 19.2. The Morgan fingerprint density at radius 1 is 1.19 bits per heavy atom. The largest absolute Gasteiger partial charge is 0.493 e. The molecule has 0 fully saturated rings. The fraction of sp³-hybridized carbons (Fsp3) is 0.316. The number of hydrogen-bond donors (Lipinski definition) is 1. The molecule has 1 heterocycles. The third-order valence-electron chi connectivity index (χ3n) is 3.69. The predicted octanol–water partition coefficient (Wildman–Crippen LogP) is 3.58. The number of anilines is 1. The van der Waals surface area contributed by atoms with Crippen LogP contribution in [0.4, 0.5) is 5.69 Å². The monoisotopic (exact) mass is 361 g/mol. The van der Waals surface area contributed by atoms with E-state index in [-0.39, 0.29) is 12.2 Å². The molecule has 0 saturated carbocycles. The van der Waals surface area contributed by atoms with Gasteiger partial charge in [-0.1, -0.05) is 6.58 Å². The molecule has 26 heavy (non-hydrogen) atoms. The average molecular weight is 361 g/mol. The molecule has 1 aromatic heterocycles. The average Bonchev–Trinajstić information content (AvgIpc) is 3.19. The number of methoxy groups -OCH3 is 3. The van der Waals surface area contributed by atoms with E-state index < -0.39 is 12.0 Å². The Bertz CT molecular complexity index is 728. The van der Waals surface area contributed by atoms with Gasteiger partial charge < -0.3 is 28.7 Å². The summed E-state index contributed by atoms with van der Waals surface area (Å²) in [5, 5.41) is 3.21. The van der Waals surface area contributed by atoms with Crippen LogP contribution in [0.5, 0.6) is 17.2 Å². The molecule has 0 amide bonds. The number of nitrogens with one attached hydrogen (secondary N) is 1. The third-order valence-corrected chi connectivity index (χ3v) is 3.69. The van der Waals surface area contributed by atoms with Crippen molar-refractivity contribution in [2.45, 2.75) is 13.0 Å². The van der Waals surface area contributed by atoms with Gasteiger partial charge in [-0.05, 0) is 19.1 Å². The number of hydrogen-bond acceptors (Lipinski definition) is 7. The van der Waals surface area contributed by atoms with Gasteiger partial charge in [-0.3, -0.25) is 0 Å². The number of esters is 1. The van der Waals surface area contributed by atoms with Gasteiger partial charge in [0.15, 0.2) is 11.5 Å². The van der Waals surface area contributed by atoms with Crippen LogP contribution >= 0.6 is 0 Å². The lowest BCUT2D eigenvalue weighted by molar-refractivity contribution is -0.138. The van der Waals surface area contributed by atoms with E-state index in [1.165, 1.54) is 27.6 Å². The van der Waals surface area contributed by atoms with E-state index in [1.54, 1.807) is 31.2 Å². The minimum absolute atomic E-state index is 0.218. The molecular formula is C19H23NO6. The molecule has 7 nitrogen and oxygen atoms in total. The van der Waals surface area contributed by atoms with Gasteiger partial charge in [0.05, 0.1) is 39.8 Å². The molecular weight excluding hydrogens is 338 g/mol. The van der Waals surface area contributed by atoms with Crippen LogP contribution in [0.15, 0.2) is 47.1 Å². The number of furan rings is 1. The Hall–Kier alpha value is -3.09. The summed E-state index contributed by atoms with van der Waals surface area (Å²) in [6.45, 7) is 5.85. The van der Waals surface area contributed by atoms with Crippen LogP contribution in [0.3, 0.4) is 0 Å². The summed E-state index contributed by atoms with van der Waals surface area (Å²) in [5.41, 5.74) is 0.849. The van der Waals surface area contributed by atoms with Crippen molar-refractivity contribution in [1.29, 1.82) is 0 Å². The first-order valence-corrected chi connectivity index (χ1v) is 8.01. The van der Waals surface area contributed by atoms with Crippen LogP contribution < -0.4 is 19.5 Å². The smallest absolute Gasteiger partial charge is 0.335 e. The molecule has 0 spiro atoms. The molecule has 2 aromatic rings. The second kappa shape index (κ2) is 8.84. The first-order valence-electron chi connectivity index (χ1n) is 8.01. The zero-order valence-electron chi connectivity index (χ0n) is 15.3. The maximum Gasteiger partial charge on any atom is 0.335 e. The van der Waals surface area contributed by atoms with Gasteiger partial charge >= 0.3 is 5.97 Å². The number of carbonyl (C=O) groups excluding carboxylic acids is 1. The predicted molar refractivity (Wildman–Crippen MR) is 96.9 cm³/mol. The van der Waals surface area contributed by atoms with Crippen LogP contribution in [-0.4, -0.2) is 33.9 Å². The van der Waals surface area contributed by atoms with Crippen LogP contribution in [0.25, 0.3) is 0 Å². The fourth-order valence-electron chi connectivity index (χ4n) is 2.46. The summed E-state index contributed by atoms with van der Waals surface area (Å²) in [4.78, 5) is 12.1. The number of benzene rings is 1. The van der Waals surface area contributed by atoms with Crippen LogP contribution in [0, 0.1) is 0 Å². The lowest BCUT2D eigenvalue weighted by Gasteiger charge is -2.21. The topological polar surface area (TPSA) is 79.2 Å². The van der Waals surface area contributed by atoms with E-state index in [2.05, 4.69) is 11.9 Å². The molecule has 0 aliphatic rings. The molecule has 140 valence electrons. The van der Waals surface area contributed by atoms with Gasteiger partial charge in [0.2, 0.25) is 5.75 Å². The molecule has 0 saturated heterocycles. The van der Waals surface area contributed by atoms with Crippen LogP contribution in [0.2, 0.25) is 0 Å². The molecule has 1 N–H and O–H groups in total. The van der Waals surface area contributed by atoms with Gasteiger partial charge in [-0.15, -0.1) is 0 Å². The molecule has 1 aromatic carbocycles. The summed E-state index contributed by atoms with van der Waals surface area (Å²) in [6.07, 6.45) is 1.53. The zero-order valence-corrected chi connectivity index (χ0v) is 15.3. The minimum Gasteiger partial charge on any atom is -0.493 e. The Kier molecular flexibility index (Phi) is 6.54. The number of rotatable bonds is 9. The SMILES string of the molecule is C=C(C(=O)OCC)[C@@H](Nc1cc(OC)c(OC)c(OC)c1)c1ccco1. The second-order valence-corrected chi connectivity index (χ2v) is 5.25. The van der Waals surface area contributed by atoms with Crippen molar-refractivity contribution in [3.63, 3.8) is 0 Å². The molecule has 0 bridgehead atoms. The van der Waals surface area contributed by atoms with E-state index in [9.17, 15) is 4.79 Å². The summed E-state index contributed by atoms with van der Waals surface area (Å²) in [7, 11) is 4.59. The summed E-state index contributed by atoms with van der Waals surface area (Å²) < 4.78 is 26.5. The van der Waals surface area contributed by atoms with E-state index in [0.717, 1.165) is 0 Å². The Morgan fingerprint density at radius 2 is 1.85 bits per heavy atom. The maximum atomic E-state index is 12.1. The van der Waals surface area contributed by atoms with Crippen molar-refractivity contribution in [1.82, 2.24) is 0 Å². The van der Waals surface area contributed by atoms with Crippen molar-refractivity contribution < 1.29 is 28.2 Å². The molecule has 0 unspecified atom stereocenters. The summed E-state index contributed by atoms with van der Waals surface area (Å²) in [6, 6.07) is 6.33. The summed E-state index contributed by atoms with van der Waals surface area (Å²) >= 11 is 0. The van der Waals surface area contributed by atoms with Crippen LogP contribution in [-0.2, 0) is 9.53 Å². The summed E-state index contributed by atoms with van der Waals surface area (Å²) in [5.74, 6) is 1.45. The number of carbonyl (C=O) groups is 1. The highest BCUT2D eigenvalue weighted by Gasteiger charge is 2.25. The van der Waals surface area contributed by atoms with E-state index in [1.807, 2.05) is 0 Å². The molecule has 2 rings (SSSR count). The van der Waals surface area contributed by atoms with Crippen molar-refractivity contribution in [3.05, 3.63) is 48.4 Å². The highest BCUT2D eigenvalue weighted by molar-refractivity contribution is 5.90. The fourth-order valence-corrected chi connectivity index (χ4v) is 2.46. The van der Waals surface area contributed by atoms with E-state index in [0.29, 0.717) is 28.7 Å². The van der Waals surface area contributed by atoms with Crippen molar-refractivity contribution in [3.8, 4) is 17.2 Å². The maximum absolute atomic E-state index is 12.1. The second-order valence-electron chi connectivity index (χ2n) is 5.25. The van der Waals surface area contributed by atoms with Crippen molar-refractivity contribution in [2.24, 2.45) is 0 Å². The van der Waals surface area contributed by atoms with E-state index in [4.69, 9.17) is 23.4 Å². The van der Waals surface area contributed by atoms with Crippen LogP contribution in [0.1, 0.15) is 18.7 Å². The zero-order chi connectivity index (χ0) is 19.1. The highest BCUT2D eigenvalue weighted by atomic mass is 16.5. The van der Waals surface area contributed by atoms with Gasteiger partial charge in [0, 0.05) is 17.8 Å². The van der Waals surface area contributed by atoms with Gasteiger partial charge in [-0.25, -0.2) is 4.79 Å². The Balaban J connectivity index is 2.39. The molecule has 0 aliphatic carbocycles. The Morgan fingerprint density at radius 3 is 2.31 bits per heavy atom. The van der Waals surface area contributed by atoms with Crippen molar-refractivity contribution in [2.75, 3.05) is 33.3 Å². The highest BCUT2D eigenvalue weighted by Crippen LogP contribution is 2.41. The number of ether oxygens (including phenoxy) is 4. The molecule has 0 radical (unpaired) electrons. The molecule has 7 heteroatoms. The minimum atomic E-state index is -0.619. The van der Waals surface area contributed by atoms with Crippen molar-refractivity contribution >= 4 is 11.7 Å². The van der Waals surface area contributed by atoms with Gasteiger partial charge in [0.1, 0.15) is 11.8 Å². The lowest BCUT2D eigenvalue weighted by atomic mass is 10.1. The van der Waals surface area contributed by atoms with Gasteiger partial charge in [0.25, 0.3) is 0 Å². The lowest BCUT2D eigenvalue weighted by Crippen LogP contribution is -2.20. The first-order chi connectivity index (χ1) is 12.5. The molecule has 1 atom stereocenters. The normalized spacial score (nSPS) is 11.4. The molecule has 0 aliphatic heterocycles. The quantitative estimate of drug-likeness (QED) is 0.540. The standard InChI is InChI=1S/C19H23NO6/c1-6-25-19(21)12(2)17(14-8-7-9-26-14)20-13-10-15(22-3)18(24-5)16(11-13)23-4/h7-11,17,20H,2,6H2,1,3-5H3/t17-/m1/s1. The van der Waals surface area contributed by atoms with Gasteiger partial charge in [-0.2, -0.15) is 0 Å². The third kappa shape index (κ3) is 4.11. The van der Waals surface area contributed by atoms with E-state index >= 15 is 0 Å². The Labute approximate surface area is 152 Å².